The zero-order valence-electron chi connectivity index (χ0n) is 18.3. The van der Waals surface area contributed by atoms with E-state index in [1.54, 1.807) is 60.7 Å². The number of nitrogens with zero attached hydrogens (tertiary/aromatic N) is 1. The highest BCUT2D eigenvalue weighted by Gasteiger charge is 2.20. The number of H-pyrrole nitrogens is 1. The van der Waals surface area contributed by atoms with Gasteiger partial charge in [0.1, 0.15) is 0 Å². The molecule has 0 saturated heterocycles. The van der Waals surface area contributed by atoms with Crippen LogP contribution in [0, 0.1) is 0 Å². The topological polar surface area (TPSA) is 101 Å². The smallest absolute Gasteiger partial charge is 0.345 e. The van der Waals surface area contributed by atoms with Gasteiger partial charge in [-0.15, -0.1) is 0 Å². The highest BCUT2D eigenvalue weighted by Crippen LogP contribution is 2.24. The molecule has 1 heterocycles. The van der Waals surface area contributed by atoms with Gasteiger partial charge in [0.2, 0.25) is 0 Å². The van der Waals surface area contributed by atoms with E-state index in [1.165, 1.54) is 7.11 Å². The van der Waals surface area contributed by atoms with Gasteiger partial charge in [0, 0.05) is 11.3 Å². The lowest BCUT2D eigenvalue weighted by Crippen LogP contribution is -2.22. The molecule has 0 bridgehead atoms. The standard InChI is InChI=1S/C27H21N3O4/c1-34-26(32)20-15-12-18(13-16-20)14-17-22-23(25(31)28-21-10-6-3-7-11-21)24(30-27(33)29-22)19-8-4-2-5-9-19/h2-17H,1H3,(H,28,31)(H,29,30,33)/b17-14+. The monoisotopic (exact) mass is 451 g/mol. The Morgan fingerprint density at radius 3 is 2.18 bits per heavy atom. The lowest BCUT2D eigenvalue weighted by molar-refractivity contribution is 0.0600. The average Bonchev–Trinajstić information content (AvgIpc) is 2.88. The van der Waals surface area contributed by atoms with Crippen LogP contribution in [0.15, 0.2) is 89.7 Å². The van der Waals surface area contributed by atoms with E-state index in [-0.39, 0.29) is 11.3 Å². The second-order valence-corrected chi connectivity index (χ2v) is 7.31. The van der Waals surface area contributed by atoms with Crippen LogP contribution in [0.2, 0.25) is 0 Å². The zero-order valence-corrected chi connectivity index (χ0v) is 18.3. The maximum Gasteiger partial charge on any atom is 0.345 e. The van der Waals surface area contributed by atoms with Gasteiger partial charge in [-0.1, -0.05) is 66.7 Å². The third-order valence-electron chi connectivity index (χ3n) is 5.04. The van der Waals surface area contributed by atoms with Crippen molar-refractivity contribution in [2.24, 2.45) is 0 Å². The molecule has 4 rings (SSSR count). The number of methoxy groups -OCH3 is 1. The Bertz CT molecular complexity index is 1390. The Kier molecular flexibility index (Phi) is 6.74. The molecule has 0 atom stereocenters. The summed E-state index contributed by atoms with van der Waals surface area (Å²) in [6.07, 6.45) is 3.38. The molecule has 34 heavy (non-hydrogen) atoms. The molecule has 0 radical (unpaired) electrons. The number of ether oxygens (including phenoxy) is 1. The summed E-state index contributed by atoms with van der Waals surface area (Å²) in [5, 5.41) is 2.87. The SMILES string of the molecule is COC(=O)c1ccc(/C=C/c2[nH]c(=O)nc(-c3ccccc3)c2C(=O)Nc2ccccc2)cc1. The van der Waals surface area contributed by atoms with Crippen LogP contribution in [0.1, 0.15) is 32.0 Å². The number of carbonyl (C=O) groups is 2. The minimum atomic E-state index is -0.573. The largest absolute Gasteiger partial charge is 0.465 e. The van der Waals surface area contributed by atoms with E-state index < -0.39 is 17.6 Å². The minimum Gasteiger partial charge on any atom is -0.465 e. The molecule has 2 N–H and O–H groups in total. The fraction of sp³-hybridized carbons (Fsp3) is 0.0370. The molecule has 0 aliphatic rings. The minimum absolute atomic E-state index is 0.233. The molecule has 0 unspecified atom stereocenters. The molecule has 0 aliphatic carbocycles. The molecule has 168 valence electrons. The van der Waals surface area contributed by atoms with Crippen LogP contribution in [-0.2, 0) is 4.74 Å². The van der Waals surface area contributed by atoms with E-state index in [1.807, 2.05) is 36.4 Å². The molecule has 0 aliphatic heterocycles. The number of aromatic nitrogens is 2. The Labute approximate surface area is 195 Å². The highest BCUT2D eigenvalue weighted by molar-refractivity contribution is 6.10. The molecule has 1 amide bonds. The number of esters is 1. The molecular formula is C27H21N3O4. The number of hydrogen-bond donors (Lipinski definition) is 2. The third-order valence-corrected chi connectivity index (χ3v) is 5.04. The molecular weight excluding hydrogens is 430 g/mol. The van der Waals surface area contributed by atoms with Crippen molar-refractivity contribution < 1.29 is 14.3 Å². The van der Waals surface area contributed by atoms with Crippen molar-refractivity contribution in [2.75, 3.05) is 12.4 Å². The summed E-state index contributed by atoms with van der Waals surface area (Å²) >= 11 is 0. The van der Waals surface area contributed by atoms with Crippen molar-refractivity contribution in [1.82, 2.24) is 9.97 Å². The van der Waals surface area contributed by atoms with Crippen LogP contribution < -0.4 is 11.0 Å². The molecule has 1 aromatic heterocycles. The van der Waals surface area contributed by atoms with Crippen LogP contribution in [0.4, 0.5) is 5.69 Å². The van der Waals surface area contributed by atoms with Crippen molar-refractivity contribution in [3.05, 3.63) is 118 Å². The number of amides is 1. The first-order chi connectivity index (χ1) is 16.5. The average molecular weight is 451 g/mol. The fourth-order valence-electron chi connectivity index (χ4n) is 3.39. The number of nitrogens with one attached hydrogen (secondary N) is 2. The van der Waals surface area contributed by atoms with Gasteiger partial charge < -0.3 is 15.0 Å². The van der Waals surface area contributed by atoms with Gasteiger partial charge in [-0.05, 0) is 35.9 Å². The number of carbonyl (C=O) groups excluding carboxylic acids is 2. The molecule has 0 saturated carbocycles. The summed E-state index contributed by atoms with van der Waals surface area (Å²) < 4.78 is 4.72. The van der Waals surface area contributed by atoms with Crippen molar-refractivity contribution in [1.29, 1.82) is 0 Å². The fourth-order valence-corrected chi connectivity index (χ4v) is 3.39. The van der Waals surface area contributed by atoms with Crippen molar-refractivity contribution >= 4 is 29.7 Å². The quantitative estimate of drug-likeness (QED) is 0.416. The summed E-state index contributed by atoms with van der Waals surface area (Å²) in [5.41, 5.74) is 2.69. The second kappa shape index (κ2) is 10.2. The van der Waals surface area contributed by atoms with Crippen LogP contribution >= 0.6 is 0 Å². The molecule has 0 spiro atoms. The van der Waals surface area contributed by atoms with E-state index in [9.17, 15) is 14.4 Å². The van der Waals surface area contributed by atoms with Gasteiger partial charge in [-0.3, -0.25) is 4.79 Å². The van der Waals surface area contributed by atoms with E-state index in [0.717, 1.165) is 5.56 Å². The van der Waals surface area contributed by atoms with Crippen LogP contribution in [0.3, 0.4) is 0 Å². The molecule has 0 fully saturated rings. The van der Waals surface area contributed by atoms with Gasteiger partial charge in [0.05, 0.1) is 29.6 Å². The second-order valence-electron chi connectivity index (χ2n) is 7.31. The van der Waals surface area contributed by atoms with Crippen LogP contribution in [-0.4, -0.2) is 29.0 Å². The van der Waals surface area contributed by atoms with E-state index in [0.29, 0.717) is 22.5 Å². The summed E-state index contributed by atoms with van der Waals surface area (Å²) in [7, 11) is 1.32. The van der Waals surface area contributed by atoms with Gasteiger partial charge in [-0.2, -0.15) is 4.98 Å². The van der Waals surface area contributed by atoms with E-state index >= 15 is 0 Å². The first kappa shape index (κ1) is 22.4. The van der Waals surface area contributed by atoms with Crippen molar-refractivity contribution in [3.63, 3.8) is 0 Å². The van der Waals surface area contributed by atoms with Gasteiger partial charge in [0.15, 0.2) is 0 Å². The first-order valence-corrected chi connectivity index (χ1v) is 10.5. The van der Waals surface area contributed by atoms with Crippen LogP contribution in [0.5, 0.6) is 0 Å². The van der Waals surface area contributed by atoms with Gasteiger partial charge >= 0.3 is 11.7 Å². The Hall–Kier alpha value is -4.78. The van der Waals surface area contributed by atoms with Crippen LogP contribution in [0.25, 0.3) is 23.4 Å². The summed E-state index contributed by atoms with van der Waals surface area (Å²) in [6.45, 7) is 0. The normalized spacial score (nSPS) is 10.7. The number of hydrogen-bond acceptors (Lipinski definition) is 5. The van der Waals surface area contributed by atoms with Gasteiger partial charge in [0.25, 0.3) is 5.91 Å². The van der Waals surface area contributed by atoms with Crippen molar-refractivity contribution in [3.8, 4) is 11.3 Å². The third kappa shape index (κ3) is 5.16. The Morgan fingerprint density at radius 1 is 0.882 bits per heavy atom. The predicted molar refractivity (Wildman–Crippen MR) is 131 cm³/mol. The molecule has 7 heteroatoms. The first-order valence-electron chi connectivity index (χ1n) is 10.5. The number of benzene rings is 3. The number of aromatic amines is 1. The maximum atomic E-state index is 13.3. The molecule has 4 aromatic rings. The van der Waals surface area contributed by atoms with Crippen molar-refractivity contribution in [2.45, 2.75) is 0 Å². The summed E-state index contributed by atoms with van der Waals surface area (Å²) in [4.78, 5) is 44.2. The summed E-state index contributed by atoms with van der Waals surface area (Å²) in [5.74, 6) is -0.837. The zero-order chi connectivity index (χ0) is 23.9. The molecule has 7 nitrogen and oxygen atoms in total. The van der Waals surface area contributed by atoms with E-state index in [4.69, 9.17) is 4.74 Å². The number of rotatable bonds is 6. The lowest BCUT2D eigenvalue weighted by atomic mass is 10.0. The summed E-state index contributed by atoms with van der Waals surface area (Å²) in [6, 6.07) is 24.9. The maximum absolute atomic E-state index is 13.3. The number of anilines is 1. The Morgan fingerprint density at radius 2 is 1.53 bits per heavy atom. The predicted octanol–water partition coefficient (Wildman–Crippen LogP) is 4.65. The lowest BCUT2D eigenvalue weighted by Gasteiger charge is -2.12. The number of para-hydroxylation sites is 1. The highest BCUT2D eigenvalue weighted by atomic mass is 16.5. The van der Waals surface area contributed by atoms with E-state index in [2.05, 4.69) is 15.3 Å². The van der Waals surface area contributed by atoms with Gasteiger partial charge in [-0.25, -0.2) is 9.59 Å². The Balaban J connectivity index is 1.77. The molecule has 3 aromatic carbocycles.